The second-order valence-electron chi connectivity index (χ2n) is 4.00. The van der Waals surface area contributed by atoms with Crippen molar-refractivity contribution in [2.24, 2.45) is 0 Å². The molecule has 3 N–H and O–H groups in total. The predicted molar refractivity (Wildman–Crippen MR) is 78.2 cm³/mol. The van der Waals surface area contributed by atoms with Crippen LogP contribution in [-0.2, 0) is 0 Å². The summed E-state index contributed by atoms with van der Waals surface area (Å²) in [6.07, 6.45) is 0. The van der Waals surface area contributed by atoms with Crippen molar-refractivity contribution in [3.63, 3.8) is 0 Å². The molecular weight excluding hydrogens is 285 g/mol. The van der Waals surface area contributed by atoms with Crippen LogP contribution >= 0.6 is 23.2 Å². The number of nitrogen functional groups attached to an aromatic ring is 1. The van der Waals surface area contributed by atoms with Gasteiger partial charge in [-0.25, -0.2) is 0 Å². The highest BCUT2D eigenvalue weighted by Gasteiger charge is 2.08. The van der Waals surface area contributed by atoms with E-state index in [1.54, 1.807) is 36.4 Å². The molecule has 1 heterocycles. The molecule has 6 heteroatoms. The monoisotopic (exact) mass is 293 g/mol. The summed E-state index contributed by atoms with van der Waals surface area (Å²) in [5.74, 6) is 0. The first-order valence-electron chi connectivity index (χ1n) is 5.50. The largest absolute Gasteiger partial charge is 0.423 e. The van der Waals surface area contributed by atoms with Gasteiger partial charge in [-0.05, 0) is 30.3 Å². The van der Waals surface area contributed by atoms with Crippen LogP contribution in [0.25, 0.3) is 11.1 Å². The highest BCUT2D eigenvalue weighted by atomic mass is 35.5. The van der Waals surface area contributed by atoms with Crippen LogP contribution in [-0.4, -0.2) is 4.98 Å². The Balaban J connectivity index is 1.98. The second kappa shape index (κ2) is 4.64. The maximum absolute atomic E-state index is 6.06. The van der Waals surface area contributed by atoms with Crippen molar-refractivity contribution >= 4 is 51.7 Å². The molecule has 19 heavy (non-hydrogen) atoms. The van der Waals surface area contributed by atoms with E-state index in [9.17, 15) is 0 Å². The Labute approximate surface area is 119 Å². The van der Waals surface area contributed by atoms with Gasteiger partial charge in [0.15, 0.2) is 5.58 Å². The summed E-state index contributed by atoms with van der Waals surface area (Å²) in [5, 5.41) is 4.10. The molecule has 0 spiro atoms. The van der Waals surface area contributed by atoms with Crippen molar-refractivity contribution < 1.29 is 4.42 Å². The molecule has 0 fully saturated rings. The van der Waals surface area contributed by atoms with Crippen LogP contribution in [0.5, 0.6) is 0 Å². The molecule has 0 aliphatic heterocycles. The van der Waals surface area contributed by atoms with Gasteiger partial charge in [0.1, 0.15) is 5.52 Å². The minimum atomic E-state index is 0.338. The van der Waals surface area contributed by atoms with Crippen LogP contribution < -0.4 is 11.1 Å². The number of nitrogens with one attached hydrogen (secondary N) is 1. The van der Waals surface area contributed by atoms with E-state index in [-0.39, 0.29) is 0 Å². The quantitative estimate of drug-likeness (QED) is 0.685. The molecule has 1 aromatic heterocycles. The predicted octanol–water partition coefficient (Wildman–Crippen LogP) is 4.46. The SMILES string of the molecule is Nc1ccc2nc(Nc3cc(Cl)ccc3Cl)oc2c1. The molecule has 96 valence electrons. The first-order valence-corrected chi connectivity index (χ1v) is 6.25. The molecule has 0 aliphatic rings. The van der Waals surface area contributed by atoms with Gasteiger partial charge in [-0.2, -0.15) is 4.98 Å². The number of hydrogen-bond donors (Lipinski definition) is 2. The number of fused-ring (bicyclic) bond motifs is 1. The minimum Gasteiger partial charge on any atom is -0.423 e. The average molecular weight is 294 g/mol. The van der Waals surface area contributed by atoms with Crippen LogP contribution in [0.1, 0.15) is 0 Å². The maximum Gasteiger partial charge on any atom is 0.300 e. The maximum atomic E-state index is 6.06. The number of hydrogen-bond acceptors (Lipinski definition) is 4. The minimum absolute atomic E-state index is 0.338. The van der Waals surface area contributed by atoms with E-state index >= 15 is 0 Å². The first kappa shape index (κ1) is 12.1. The number of benzene rings is 2. The molecule has 0 bridgehead atoms. The molecule has 0 radical (unpaired) electrons. The summed E-state index contributed by atoms with van der Waals surface area (Å²) in [6, 6.07) is 10.7. The van der Waals surface area contributed by atoms with Crippen LogP contribution in [0.3, 0.4) is 0 Å². The summed E-state index contributed by atoms with van der Waals surface area (Å²) in [7, 11) is 0. The Morgan fingerprint density at radius 2 is 1.95 bits per heavy atom. The average Bonchev–Trinajstić information content (AvgIpc) is 2.75. The van der Waals surface area contributed by atoms with E-state index in [1.807, 2.05) is 0 Å². The second-order valence-corrected chi connectivity index (χ2v) is 4.84. The lowest BCUT2D eigenvalue weighted by Gasteiger charge is -2.04. The number of halogens is 2. The molecule has 0 amide bonds. The zero-order chi connectivity index (χ0) is 13.4. The Kier molecular flexibility index (Phi) is 2.97. The van der Waals surface area contributed by atoms with Gasteiger partial charge in [-0.3, -0.25) is 0 Å². The first-order chi connectivity index (χ1) is 9.11. The normalized spacial score (nSPS) is 10.8. The molecule has 0 saturated heterocycles. The molecular formula is C13H9Cl2N3O. The third kappa shape index (κ3) is 2.45. The lowest BCUT2D eigenvalue weighted by atomic mass is 10.3. The Bertz CT molecular complexity index is 755. The fraction of sp³-hybridized carbons (Fsp3) is 0. The van der Waals surface area contributed by atoms with E-state index in [1.165, 1.54) is 0 Å². The molecule has 3 rings (SSSR count). The summed E-state index contributed by atoms with van der Waals surface area (Å²) < 4.78 is 5.54. The third-order valence-electron chi connectivity index (χ3n) is 2.58. The lowest BCUT2D eigenvalue weighted by Crippen LogP contribution is -1.90. The molecule has 0 unspecified atom stereocenters. The number of anilines is 3. The van der Waals surface area contributed by atoms with Gasteiger partial charge >= 0.3 is 0 Å². The fourth-order valence-corrected chi connectivity index (χ4v) is 2.04. The van der Waals surface area contributed by atoms with Crippen molar-refractivity contribution in [3.05, 3.63) is 46.4 Å². The van der Waals surface area contributed by atoms with E-state index in [0.717, 1.165) is 5.52 Å². The fourth-order valence-electron chi connectivity index (χ4n) is 1.70. The van der Waals surface area contributed by atoms with Crippen LogP contribution in [0, 0.1) is 0 Å². The zero-order valence-electron chi connectivity index (χ0n) is 9.65. The van der Waals surface area contributed by atoms with Gasteiger partial charge < -0.3 is 15.5 Å². The highest BCUT2D eigenvalue weighted by Crippen LogP contribution is 2.29. The molecule has 0 aliphatic carbocycles. The van der Waals surface area contributed by atoms with Crippen molar-refractivity contribution in [1.29, 1.82) is 0 Å². The van der Waals surface area contributed by atoms with E-state index in [2.05, 4.69) is 10.3 Å². The Hall–Kier alpha value is -1.91. The lowest BCUT2D eigenvalue weighted by molar-refractivity contribution is 0.623. The van der Waals surface area contributed by atoms with Gasteiger partial charge in [-0.15, -0.1) is 0 Å². The summed E-state index contributed by atoms with van der Waals surface area (Å²) in [5.41, 5.74) is 8.27. The zero-order valence-corrected chi connectivity index (χ0v) is 11.2. The van der Waals surface area contributed by atoms with Crippen LogP contribution in [0.15, 0.2) is 40.8 Å². The number of nitrogens with zero attached hydrogens (tertiary/aromatic N) is 1. The van der Waals surface area contributed by atoms with Gasteiger partial charge in [-0.1, -0.05) is 23.2 Å². The van der Waals surface area contributed by atoms with Gasteiger partial charge in [0.25, 0.3) is 6.01 Å². The molecule has 2 aromatic carbocycles. The van der Waals surface area contributed by atoms with Gasteiger partial charge in [0.05, 0.1) is 10.7 Å². The number of aromatic nitrogens is 1. The van der Waals surface area contributed by atoms with Crippen LogP contribution in [0.2, 0.25) is 10.0 Å². The van der Waals surface area contributed by atoms with Crippen LogP contribution in [0.4, 0.5) is 17.4 Å². The molecule has 0 atom stereocenters. The summed E-state index contributed by atoms with van der Waals surface area (Å²) in [6.45, 7) is 0. The van der Waals surface area contributed by atoms with Crippen molar-refractivity contribution in [2.45, 2.75) is 0 Å². The van der Waals surface area contributed by atoms with E-state index < -0.39 is 0 Å². The molecule has 3 aromatic rings. The smallest absolute Gasteiger partial charge is 0.300 e. The summed E-state index contributed by atoms with van der Waals surface area (Å²) >= 11 is 12.0. The Morgan fingerprint density at radius 1 is 1.11 bits per heavy atom. The molecule has 4 nitrogen and oxygen atoms in total. The van der Waals surface area contributed by atoms with Gasteiger partial charge in [0.2, 0.25) is 0 Å². The third-order valence-corrected chi connectivity index (χ3v) is 3.15. The number of oxazole rings is 1. The summed E-state index contributed by atoms with van der Waals surface area (Å²) in [4.78, 5) is 4.28. The number of nitrogens with two attached hydrogens (primary N) is 1. The highest BCUT2D eigenvalue weighted by molar-refractivity contribution is 6.35. The van der Waals surface area contributed by atoms with Crippen molar-refractivity contribution in [3.8, 4) is 0 Å². The van der Waals surface area contributed by atoms with Crippen molar-refractivity contribution in [1.82, 2.24) is 4.98 Å². The Morgan fingerprint density at radius 3 is 2.79 bits per heavy atom. The van der Waals surface area contributed by atoms with Crippen molar-refractivity contribution in [2.75, 3.05) is 11.1 Å². The van der Waals surface area contributed by atoms with E-state index in [0.29, 0.717) is 33.0 Å². The standard InChI is InChI=1S/C13H9Cl2N3O/c14-7-1-3-9(15)11(5-7)18-13-17-10-4-2-8(16)6-12(10)19-13/h1-6H,16H2,(H,17,18). The van der Waals surface area contributed by atoms with Gasteiger partial charge in [0, 0.05) is 16.8 Å². The topological polar surface area (TPSA) is 64.1 Å². The van der Waals surface area contributed by atoms with E-state index in [4.69, 9.17) is 33.4 Å². The number of rotatable bonds is 2. The molecule has 0 saturated carbocycles.